The minimum Gasteiger partial charge on any atom is -0.494 e. The zero-order chi connectivity index (χ0) is 25.1. The zero-order valence-corrected chi connectivity index (χ0v) is 19.4. The maximum absolute atomic E-state index is 9.93. The van der Waals surface area contributed by atoms with Crippen LogP contribution < -0.4 is 14.9 Å². The summed E-state index contributed by atoms with van der Waals surface area (Å²) < 4.78 is 23.0. The van der Waals surface area contributed by atoms with Gasteiger partial charge in [0.25, 0.3) is 11.9 Å². The first kappa shape index (κ1) is 23.0. The molecule has 2 aliphatic rings. The maximum Gasteiger partial charge on any atom is 0.636 e. The summed E-state index contributed by atoms with van der Waals surface area (Å²) >= 11 is 0. The van der Waals surface area contributed by atoms with E-state index >= 15 is 0 Å². The van der Waals surface area contributed by atoms with E-state index in [0.29, 0.717) is 22.7 Å². The van der Waals surface area contributed by atoms with E-state index < -0.39 is 7.12 Å². The lowest BCUT2D eigenvalue weighted by atomic mass is 9.79. The topological polar surface area (TPSA) is 117 Å². The predicted octanol–water partition coefficient (Wildman–Crippen LogP) is 4.20. The summed E-state index contributed by atoms with van der Waals surface area (Å²) in [5, 5.41) is 28.8. The van der Waals surface area contributed by atoms with Gasteiger partial charge in [-0.25, -0.2) is 4.98 Å². The van der Waals surface area contributed by atoms with E-state index in [0.717, 1.165) is 29.7 Å². The van der Waals surface area contributed by atoms with E-state index in [-0.39, 0.29) is 18.0 Å². The molecule has 1 aromatic heterocycles. The van der Waals surface area contributed by atoms with E-state index in [1.165, 1.54) is 23.5 Å². The molecule has 0 saturated carbocycles. The van der Waals surface area contributed by atoms with Crippen molar-refractivity contribution in [2.24, 2.45) is 0 Å². The van der Waals surface area contributed by atoms with Crippen molar-refractivity contribution < 1.29 is 29.0 Å². The van der Waals surface area contributed by atoms with Gasteiger partial charge in [0, 0.05) is 30.3 Å². The Morgan fingerprint density at radius 3 is 2.47 bits per heavy atom. The van der Waals surface area contributed by atoms with Crippen molar-refractivity contribution in [1.29, 1.82) is 5.26 Å². The number of nitrogens with zero attached hydrogens (tertiary/aromatic N) is 3. The van der Waals surface area contributed by atoms with Crippen molar-refractivity contribution in [2.75, 3.05) is 7.05 Å². The molecule has 9 nitrogen and oxygen atoms in total. The van der Waals surface area contributed by atoms with E-state index in [4.69, 9.17) is 24.0 Å². The fourth-order valence-electron chi connectivity index (χ4n) is 4.11. The van der Waals surface area contributed by atoms with Crippen LogP contribution in [0.4, 0.5) is 0 Å². The summed E-state index contributed by atoms with van der Waals surface area (Å²) in [6, 6.07) is 18.3. The minimum absolute atomic E-state index is 0.147. The van der Waals surface area contributed by atoms with Gasteiger partial charge in [-0.1, -0.05) is 24.3 Å². The number of hydrogen-bond acceptors (Lipinski definition) is 9. The van der Waals surface area contributed by atoms with Crippen molar-refractivity contribution in [3.63, 3.8) is 0 Å². The molecule has 0 saturated heterocycles. The molecule has 0 fully saturated rings. The molecule has 0 spiro atoms. The molecule has 2 aromatic carbocycles. The van der Waals surface area contributed by atoms with Gasteiger partial charge in [0.2, 0.25) is 5.88 Å². The van der Waals surface area contributed by atoms with Crippen LogP contribution in [-0.4, -0.2) is 34.3 Å². The Hall–Kier alpha value is -4.78. The second-order valence-corrected chi connectivity index (χ2v) is 8.30. The molecular formula is C26H22BN3O6. The summed E-state index contributed by atoms with van der Waals surface area (Å²) in [5.41, 5.74) is 3.17. The second-order valence-electron chi connectivity index (χ2n) is 8.30. The SMILES string of the molecule is CN1C=C(O)OB(c2ccc(O[C@@H]3CCc4c(Oc5ccc(C#N)cn5)cccc43)cc2)O/C(O)=C\1. The molecule has 0 amide bonds. The molecule has 0 unspecified atom stereocenters. The molecular weight excluding hydrogens is 461 g/mol. The van der Waals surface area contributed by atoms with Crippen LogP contribution in [0.3, 0.4) is 0 Å². The molecule has 1 aliphatic carbocycles. The molecule has 0 radical (unpaired) electrons. The molecule has 2 N–H and O–H groups in total. The average Bonchev–Trinajstić information content (AvgIpc) is 3.27. The van der Waals surface area contributed by atoms with Gasteiger partial charge in [-0.05, 0) is 42.7 Å². The Bertz CT molecular complexity index is 1330. The summed E-state index contributed by atoms with van der Waals surface area (Å²) in [7, 11) is 0.592. The number of ether oxygens (including phenoxy) is 2. The van der Waals surface area contributed by atoms with Crippen molar-refractivity contribution in [1.82, 2.24) is 9.88 Å². The first-order valence-electron chi connectivity index (χ1n) is 11.3. The van der Waals surface area contributed by atoms with Gasteiger partial charge in [0.1, 0.15) is 23.7 Å². The first-order chi connectivity index (χ1) is 17.5. The summed E-state index contributed by atoms with van der Waals surface area (Å²) in [5.74, 6) is 1.11. The van der Waals surface area contributed by atoms with Gasteiger partial charge in [0.15, 0.2) is 0 Å². The number of fused-ring (bicyclic) bond motifs is 1. The molecule has 2 heterocycles. The highest BCUT2D eigenvalue weighted by atomic mass is 16.7. The fourth-order valence-corrected chi connectivity index (χ4v) is 4.11. The molecule has 10 heteroatoms. The number of aliphatic hydroxyl groups excluding tert-OH is 2. The predicted molar refractivity (Wildman–Crippen MR) is 130 cm³/mol. The van der Waals surface area contributed by atoms with E-state index in [2.05, 4.69) is 4.98 Å². The largest absolute Gasteiger partial charge is 0.636 e. The van der Waals surface area contributed by atoms with Crippen LogP contribution in [0.15, 0.2) is 85.1 Å². The lowest BCUT2D eigenvalue weighted by Crippen LogP contribution is -2.37. The number of benzene rings is 2. The third-order valence-electron chi connectivity index (χ3n) is 5.77. The highest BCUT2D eigenvalue weighted by Crippen LogP contribution is 2.40. The summed E-state index contributed by atoms with van der Waals surface area (Å²) in [4.78, 5) is 5.60. The van der Waals surface area contributed by atoms with E-state index in [9.17, 15) is 10.2 Å². The minimum atomic E-state index is -1.03. The number of aromatic nitrogens is 1. The molecule has 0 bridgehead atoms. The monoisotopic (exact) mass is 483 g/mol. The molecule has 36 heavy (non-hydrogen) atoms. The Morgan fingerprint density at radius 2 is 1.81 bits per heavy atom. The van der Waals surface area contributed by atoms with Gasteiger partial charge in [-0.15, -0.1) is 0 Å². The van der Waals surface area contributed by atoms with Crippen LogP contribution in [0, 0.1) is 11.3 Å². The van der Waals surface area contributed by atoms with E-state index in [1.807, 2.05) is 24.3 Å². The van der Waals surface area contributed by atoms with Crippen LogP contribution in [0.25, 0.3) is 0 Å². The fraction of sp³-hybridized carbons (Fsp3) is 0.154. The number of rotatable bonds is 5. The highest BCUT2D eigenvalue weighted by molar-refractivity contribution is 6.61. The van der Waals surface area contributed by atoms with Gasteiger partial charge >= 0.3 is 7.12 Å². The van der Waals surface area contributed by atoms with E-state index in [1.54, 1.807) is 43.4 Å². The molecule has 3 aromatic rings. The third-order valence-corrected chi connectivity index (χ3v) is 5.77. The molecule has 1 atom stereocenters. The summed E-state index contributed by atoms with van der Waals surface area (Å²) in [6.07, 6.45) is 5.55. The average molecular weight is 483 g/mol. The van der Waals surface area contributed by atoms with Gasteiger partial charge < -0.3 is 33.9 Å². The quantitative estimate of drug-likeness (QED) is 0.515. The van der Waals surface area contributed by atoms with Gasteiger partial charge in [0.05, 0.1) is 18.0 Å². The normalized spacial score (nSPS) is 18.3. The molecule has 180 valence electrons. The van der Waals surface area contributed by atoms with Crippen molar-refractivity contribution >= 4 is 12.6 Å². The highest BCUT2D eigenvalue weighted by Gasteiger charge is 2.31. The number of pyridine rings is 1. The van der Waals surface area contributed by atoms with Crippen LogP contribution >= 0.6 is 0 Å². The Labute approximate surface area is 208 Å². The van der Waals surface area contributed by atoms with Crippen LogP contribution in [0.1, 0.15) is 29.2 Å². The number of aliphatic hydroxyl groups is 2. The third kappa shape index (κ3) is 5.00. The van der Waals surface area contributed by atoms with Crippen molar-refractivity contribution in [2.45, 2.75) is 18.9 Å². The van der Waals surface area contributed by atoms with Crippen LogP contribution in [0.2, 0.25) is 0 Å². The lowest BCUT2D eigenvalue weighted by Gasteiger charge is -2.20. The Kier molecular flexibility index (Phi) is 6.28. The summed E-state index contributed by atoms with van der Waals surface area (Å²) in [6.45, 7) is 0. The second kappa shape index (κ2) is 9.84. The zero-order valence-electron chi connectivity index (χ0n) is 19.4. The van der Waals surface area contributed by atoms with Crippen molar-refractivity contribution in [3.05, 3.63) is 102 Å². The van der Waals surface area contributed by atoms with Crippen LogP contribution in [0.5, 0.6) is 17.4 Å². The Morgan fingerprint density at radius 1 is 1.06 bits per heavy atom. The molecule has 1 aliphatic heterocycles. The lowest BCUT2D eigenvalue weighted by molar-refractivity contribution is 0.124. The standard InChI is InChI=1S/C26H22BN3O6/c1-30-15-25(31)35-27(36-26(32)16-30)18-6-8-19(9-7-18)33-23-11-10-21-20(23)3-2-4-22(21)34-24-12-5-17(13-28)14-29-24/h2-9,12,14-16,23,31-32H,10-11H2,1H3/b25-15-,26-16?/t23-/m1/s1. The number of nitriles is 1. The van der Waals surface area contributed by atoms with Gasteiger partial charge in [-0.2, -0.15) is 5.26 Å². The van der Waals surface area contributed by atoms with Crippen LogP contribution in [-0.2, 0) is 15.7 Å². The number of hydrogen-bond donors (Lipinski definition) is 2. The Balaban J connectivity index is 1.28. The maximum atomic E-state index is 9.93. The smallest absolute Gasteiger partial charge is 0.494 e. The van der Waals surface area contributed by atoms with Gasteiger partial charge in [-0.3, -0.25) is 0 Å². The van der Waals surface area contributed by atoms with Crippen molar-refractivity contribution in [3.8, 4) is 23.4 Å². The first-order valence-corrected chi connectivity index (χ1v) is 11.3. The molecule has 5 rings (SSSR count).